The highest BCUT2D eigenvalue weighted by Crippen LogP contribution is 2.35. The largest absolute Gasteiger partial charge is 0.320 e. The maximum absolute atomic E-state index is 6.37. The summed E-state index contributed by atoms with van der Waals surface area (Å²) >= 11 is 16.7. The predicted octanol–water partition coefficient (Wildman–Crippen LogP) is 5.98. The summed E-state index contributed by atoms with van der Waals surface area (Å²) in [5, 5.41) is 0.677. The van der Waals surface area contributed by atoms with Crippen molar-refractivity contribution < 1.29 is 0 Å². The van der Waals surface area contributed by atoms with Crippen molar-refractivity contribution >= 4 is 59.4 Å². The summed E-state index contributed by atoms with van der Waals surface area (Å²) in [5.41, 5.74) is 9.50. The van der Waals surface area contributed by atoms with E-state index in [2.05, 4.69) is 53.9 Å². The first-order valence-corrected chi connectivity index (χ1v) is 8.32. The standard InChI is InChI=1S/C14H11Br3ClN/c1-7-4-13(17)10(6-12(7)16)14(19)9-5-8(18)2-3-11(9)15/h2-6,14H,19H2,1H3. The third-order valence-corrected chi connectivity index (χ3v) is 5.40. The summed E-state index contributed by atoms with van der Waals surface area (Å²) in [6, 6.07) is 9.47. The van der Waals surface area contributed by atoms with E-state index < -0.39 is 0 Å². The normalized spacial score (nSPS) is 12.5. The predicted molar refractivity (Wildman–Crippen MR) is 91.8 cm³/mol. The second-order valence-electron chi connectivity index (χ2n) is 4.27. The molecule has 100 valence electrons. The first kappa shape index (κ1) is 15.5. The van der Waals surface area contributed by atoms with Crippen molar-refractivity contribution in [3.63, 3.8) is 0 Å². The molecule has 0 radical (unpaired) electrons. The van der Waals surface area contributed by atoms with Gasteiger partial charge in [0.1, 0.15) is 0 Å². The first-order chi connectivity index (χ1) is 8.90. The van der Waals surface area contributed by atoms with Gasteiger partial charge in [-0.2, -0.15) is 0 Å². The number of rotatable bonds is 2. The van der Waals surface area contributed by atoms with E-state index in [9.17, 15) is 0 Å². The SMILES string of the molecule is Cc1cc(Br)c(C(N)c2cc(Cl)ccc2Br)cc1Br. The van der Waals surface area contributed by atoms with E-state index in [1.807, 2.05) is 31.2 Å². The van der Waals surface area contributed by atoms with Gasteiger partial charge in [0.15, 0.2) is 0 Å². The monoisotopic (exact) mass is 465 g/mol. The molecule has 19 heavy (non-hydrogen) atoms. The van der Waals surface area contributed by atoms with Crippen molar-refractivity contribution in [3.8, 4) is 0 Å². The van der Waals surface area contributed by atoms with Crippen molar-refractivity contribution in [2.24, 2.45) is 5.73 Å². The number of hydrogen-bond donors (Lipinski definition) is 1. The van der Waals surface area contributed by atoms with Gasteiger partial charge < -0.3 is 5.73 Å². The van der Waals surface area contributed by atoms with Crippen molar-refractivity contribution in [1.82, 2.24) is 0 Å². The Labute approximate surface area is 142 Å². The van der Waals surface area contributed by atoms with Gasteiger partial charge in [-0.25, -0.2) is 0 Å². The summed E-state index contributed by atoms with van der Waals surface area (Å²) < 4.78 is 2.99. The fourth-order valence-electron chi connectivity index (χ4n) is 1.82. The molecule has 2 aromatic rings. The average Bonchev–Trinajstić information content (AvgIpc) is 2.36. The number of nitrogens with two attached hydrogens (primary N) is 1. The molecule has 0 saturated heterocycles. The molecule has 1 atom stereocenters. The smallest absolute Gasteiger partial charge is 0.0574 e. The topological polar surface area (TPSA) is 26.0 Å². The Morgan fingerprint density at radius 2 is 1.58 bits per heavy atom. The second kappa shape index (κ2) is 6.27. The quantitative estimate of drug-likeness (QED) is 0.576. The lowest BCUT2D eigenvalue weighted by molar-refractivity contribution is 0.858. The van der Waals surface area contributed by atoms with Gasteiger partial charge in [-0.15, -0.1) is 0 Å². The van der Waals surface area contributed by atoms with Gasteiger partial charge in [0.2, 0.25) is 0 Å². The highest BCUT2D eigenvalue weighted by Gasteiger charge is 2.16. The Morgan fingerprint density at radius 1 is 0.947 bits per heavy atom. The summed E-state index contributed by atoms with van der Waals surface area (Å²) in [6.07, 6.45) is 0. The lowest BCUT2D eigenvalue weighted by Gasteiger charge is -2.17. The van der Waals surface area contributed by atoms with Gasteiger partial charge in [0, 0.05) is 18.4 Å². The van der Waals surface area contributed by atoms with Gasteiger partial charge in [-0.3, -0.25) is 0 Å². The molecule has 2 N–H and O–H groups in total. The lowest BCUT2D eigenvalue weighted by atomic mass is 9.99. The van der Waals surface area contributed by atoms with Crippen molar-refractivity contribution in [3.05, 3.63) is 65.5 Å². The lowest BCUT2D eigenvalue weighted by Crippen LogP contribution is -2.13. The minimum Gasteiger partial charge on any atom is -0.320 e. The average molecular weight is 468 g/mol. The Morgan fingerprint density at radius 3 is 2.26 bits per heavy atom. The molecule has 0 spiro atoms. The van der Waals surface area contributed by atoms with Crippen LogP contribution in [0.15, 0.2) is 43.7 Å². The zero-order valence-electron chi connectivity index (χ0n) is 10.1. The molecule has 0 heterocycles. The van der Waals surface area contributed by atoms with Crippen LogP contribution in [0.2, 0.25) is 5.02 Å². The fourth-order valence-corrected chi connectivity index (χ4v) is 3.56. The molecule has 0 saturated carbocycles. The van der Waals surface area contributed by atoms with E-state index in [0.29, 0.717) is 5.02 Å². The highest BCUT2D eigenvalue weighted by molar-refractivity contribution is 9.11. The molecule has 0 aliphatic rings. The van der Waals surface area contributed by atoms with E-state index in [4.69, 9.17) is 17.3 Å². The molecule has 0 fully saturated rings. The van der Waals surface area contributed by atoms with E-state index in [0.717, 1.165) is 30.1 Å². The van der Waals surface area contributed by atoms with Crippen LogP contribution in [0.5, 0.6) is 0 Å². The number of hydrogen-bond acceptors (Lipinski definition) is 1. The van der Waals surface area contributed by atoms with Gasteiger partial charge in [0.05, 0.1) is 6.04 Å². The van der Waals surface area contributed by atoms with E-state index >= 15 is 0 Å². The maximum atomic E-state index is 6.37. The van der Waals surface area contributed by atoms with Crippen LogP contribution in [0.4, 0.5) is 0 Å². The third-order valence-electron chi connectivity index (χ3n) is 2.91. The van der Waals surface area contributed by atoms with E-state index in [1.165, 1.54) is 0 Å². The summed E-state index contributed by atoms with van der Waals surface area (Å²) in [4.78, 5) is 0. The molecule has 0 aliphatic heterocycles. The molecular weight excluding hydrogens is 457 g/mol. The second-order valence-corrected chi connectivity index (χ2v) is 7.27. The molecule has 1 nitrogen and oxygen atoms in total. The summed E-state index contributed by atoms with van der Waals surface area (Å²) in [6.45, 7) is 2.04. The summed E-state index contributed by atoms with van der Waals surface area (Å²) in [5.74, 6) is 0. The van der Waals surface area contributed by atoms with Gasteiger partial charge in [-0.1, -0.05) is 59.4 Å². The molecule has 1 unspecified atom stereocenters. The van der Waals surface area contributed by atoms with E-state index in [-0.39, 0.29) is 6.04 Å². The van der Waals surface area contributed by atoms with Crippen LogP contribution < -0.4 is 5.73 Å². The van der Waals surface area contributed by atoms with Gasteiger partial charge in [0.25, 0.3) is 0 Å². The molecule has 2 rings (SSSR count). The van der Waals surface area contributed by atoms with Gasteiger partial charge >= 0.3 is 0 Å². The van der Waals surface area contributed by atoms with Crippen LogP contribution >= 0.6 is 59.4 Å². The van der Waals surface area contributed by atoms with Crippen LogP contribution in [0.3, 0.4) is 0 Å². The van der Waals surface area contributed by atoms with Crippen LogP contribution in [0, 0.1) is 6.92 Å². The number of aryl methyl sites for hydroxylation is 1. The Balaban J connectivity index is 2.52. The molecule has 5 heteroatoms. The molecule has 2 aromatic carbocycles. The Bertz CT molecular complexity index is 628. The maximum Gasteiger partial charge on any atom is 0.0574 e. The Hall–Kier alpha value is 0.130. The zero-order chi connectivity index (χ0) is 14.2. The van der Waals surface area contributed by atoms with Gasteiger partial charge in [-0.05, 0) is 53.9 Å². The molecule has 0 aromatic heterocycles. The van der Waals surface area contributed by atoms with Crippen molar-refractivity contribution in [1.29, 1.82) is 0 Å². The van der Waals surface area contributed by atoms with Crippen LogP contribution in [-0.2, 0) is 0 Å². The zero-order valence-corrected chi connectivity index (χ0v) is 15.6. The molecule has 0 amide bonds. The van der Waals surface area contributed by atoms with Crippen LogP contribution in [-0.4, -0.2) is 0 Å². The molecular formula is C14H11Br3ClN. The van der Waals surface area contributed by atoms with Crippen molar-refractivity contribution in [2.45, 2.75) is 13.0 Å². The fraction of sp³-hybridized carbons (Fsp3) is 0.143. The number of benzene rings is 2. The van der Waals surface area contributed by atoms with Crippen molar-refractivity contribution in [2.75, 3.05) is 0 Å². The van der Waals surface area contributed by atoms with E-state index in [1.54, 1.807) is 0 Å². The molecule has 0 bridgehead atoms. The van der Waals surface area contributed by atoms with Crippen LogP contribution in [0.25, 0.3) is 0 Å². The number of halogens is 4. The Kier molecular flexibility index (Phi) is 5.12. The minimum atomic E-state index is -0.251. The third kappa shape index (κ3) is 3.42. The minimum absolute atomic E-state index is 0.251. The highest BCUT2D eigenvalue weighted by atomic mass is 79.9. The summed E-state index contributed by atoms with van der Waals surface area (Å²) in [7, 11) is 0. The van der Waals surface area contributed by atoms with Crippen LogP contribution in [0.1, 0.15) is 22.7 Å². The molecule has 0 aliphatic carbocycles. The first-order valence-electron chi connectivity index (χ1n) is 5.56.